The number of aliphatic carboxylic acids is 1. The van der Waals surface area contributed by atoms with Crippen LogP contribution in [0.2, 0.25) is 0 Å². The zero-order valence-corrected chi connectivity index (χ0v) is 11.2. The lowest BCUT2D eigenvalue weighted by molar-refractivity contribution is -0.137. The normalized spacial score (nSPS) is 15.6. The number of rotatable bonds is 4. The van der Waals surface area contributed by atoms with Gasteiger partial charge in [0.25, 0.3) is 0 Å². The summed E-state index contributed by atoms with van der Waals surface area (Å²) >= 11 is 3.58. The second-order valence-corrected chi connectivity index (χ2v) is 5.26. The molecule has 0 spiro atoms. The molecule has 1 aliphatic heterocycles. The number of carbonyl (C=O) groups is 1. The summed E-state index contributed by atoms with van der Waals surface area (Å²) in [6.45, 7) is 2.83. The van der Waals surface area contributed by atoms with Gasteiger partial charge in [-0.15, -0.1) is 0 Å². The Hall–Kier alpha value is -0.870. The Kier molecular flexibility index (Phi) is 4.18. The molecular formula is C13H16BrNO2. The summed E-state index contributed by atoms with van der Waals surface area (Å²) in [5, 5.41) is 8.62. The smallest absolute Gasteiger partial charge is 0.303 e. The van der Waals surface area contributed by atoms with Crippen molar-refractivity contribution in [3.8, 4) is 0 Å². The van der Waals surface area contributed by atoms with Crippen LogP contribution in [0.25, 0.3) is 0 Å². The largest absolute Gasteiger partial charge is 0.481 e. The molecule has 0 radical (unpaired) electrons. The van der Waals surface area contributed by atoms with Crippen molar-refractivity contribution in [1.82, 2.24) is 4.90 Å². The van der Waals surface area contributed by atoms with E-state index in [1.165, 1.54) is 11.1 Å². The molecule has 0 fully saturated rings. The summed E-state index contributed by atoms with van der Waals surface area (Å²) in [6.07, 6.45) is 2.05. The molecular weight excluding hydrogens is 282 g/mol. The van der Waals surface area contributed by atoms with E-state index in [1.807, 2.05) is 0 Å². The van der Waals surface area contributed by atoms with Crippen LogP contribution in [-0.2, 0) is 17.8 Å². The van der Waals surface area contributed by atoms with Gasteiger partial charge in [-0.25, -0.2) is 0 Å². The quantitative estimate of drug-likeness (QED) is 0.929. The third-order valence-corrected chi connectivity index (χ3v) is 3.90. The van der Waals surface area contributed by atoms with Crippen LogP contribution in [0.3, 0.4) is 0 Å². The first-order valence-corrected chi connectivity index (χ1v) is 6.66. The maximum atomic E-state index is 10.5. The van der Waals surface area contributed by atoms with Crippen LogP contribution in [0.1, 0.15) is 24.0 Å². The highest BCUT2D eigenvalue weighted by Crippen LogP contribution is 2.26. The van der Waals surface area contributed by atoms with Crippen LogP contribution in [0.4, 0.5) is 0 Å². The first kappa shape index (κ1) is 12.6. The van der Waals surface area contributed by atoms with Crippen molar-refractivity contribution in [3.63, 3.8) is 0 Å². The average Bonchev–Trinajstić information content (AvgIpc) is 2.30. The van der Waals surface area contributed by atoms with E-state index in [2.05, 4.69) is 39.0 Å². The number of carboxylic acid groups (broad SMARTS) is 1. The van der Waals surface area contributed by atoms with Crippen molar-refractivity contribution in [1.29, 1.82) is 0 Å². The summed E-state index contributed by atoms with van der Waals surface area (Å²) in [5.41, 5.74) is 2.77. The average molecular weight is 298 g/mol. The molecule has 0 unspecified atom stereocenters. The molecule has 1 aromatic rings. The topological polar surface area (TPSA) is 40.5 Å². The molecule has 0 bridgehead atoms. The SMILES string of the molecule is O=C(O)CCCN1CCc2cccc(Br)c2C1. The van der Waals surface area contributed by atoms with Gasteiger partial charge < -0.3 is 5.11 Å². The Bertz CT molecular complexity index is 420. The minimum absolute atomic E-state index is 0.263. The van der Waals surface area contributed by atoms with Crippen LogP contribution < -0.4 is 0 Å². The number of carboxylic acids is 1. The van der Waals surface area contributed by atoms with E-state index in [9.17, 15) is 4.79 Å². The van der Waals surface area contributed by atoms with Gasteiger partial charge in [0.15, 0.2) is 0 Å². The first-order chi connectivity index (χ1) is 8.16. The summed E-state index contributed by atoms with van der Waals surface area (Å²) in [5.74, 6) is -0.705. The zero-order valence-electron chi connectivity index (χ0n) is 9.66. The first-order valence-electron chi connectivity index (χ1n) is 5.87. The van der Waals surface area contributed by atoms with E-state index < -0.39 is 5.97 Å². The molecule has 2 rings (SSSR count). The van der Waals surface area contributed by atoms with E-state index in [0.717, 1.165) is 36.9 Å². The van der Waals surface area contributed by atoms with Gasteiger partial charge in [-0.2, -0.15) is 0 Å². The van der Waals surface area contributed by atoms with E-state index in [-0.39, 0.29) is 6.42 Å². The summed E-state index contributed by atoms with van der Waals surface area (Å²) in [4.78, 5) is 12.8. The van der Waals surface area contributed by atoms with Gasteiger partial charge in [0.1, 0.15) is 0 Å². The Morgan fingerprint density at radius 3 is 3.06 bits per heavy atom. The number of nitrogens with zero attached hydrogens (tertiary/aromatic N) is 1. The molecule has 0 aromatic heterocycles. The Balaban J connectivity index is 1.94. The van der Waals surface area contributed by atoms with E-state index in [0.29, 0.717) is 0 Å². The molecule has 0 amide bonds. The lowest BCUT2D eigenvalue weighted by atomic mass is 10.00. The molecule has 0 atom stereocenters. The van der Waals surface area contributed by atoms with Crippen molar-refractivity contribution < 1.29 is 9.90 Å². The number of fused-ring (bicyclic) bond motifs is 1. The summed E-state index contributed by atoms with van der Waals surface area (Å²) in [7, 11) is 0. The van der Waals surface area contributed by atoms with Crippen LogP contribution in [0.15, 0.2) is 22.7 Å². The fraction of sp³-hybridized carbons (Fsp3) is 0.462. The van der Waals surface area contributed by atoms with Crippen molar-refractivity contribution in [3.05, 3.63) is 33.8 Å². The minimum Gasteiger partial charge on any atom is -0.481 e. The maximum absolute atomic E-state index is 10.5. The predicted octanol–water partition coefficient (Wildman–Crippen LogP) is 2.67. The zero-order chi connectivity index (χ0) is 12.3. The van der Waals surface area contributed by atoms with E-state index in [4.69, 9.17) is 5.11 Å². The van der Waals surface area contributed by atoms with E-state index >= 15 is 0 Å². The molecule has 1 aliphatic rings. The van der Waals surface area contributed by atoms with E-state index in [1.54, 1.807) is 0 Å². The molecule has 0 saturated heterocycles. The maximum Gasteiger partial charge on any atom is 0.303 e. The highest BCUT2D eigenvalue weighted by Gasteiger charge is 2.17. The number of hydrogen-bond donors (Lipinski definition) is 1. The van der Waals surface area contributed by atoms with Crippen LogP contribution in [0.5, 0.6) is 0 Å². The van der Waals surface area contributed by atoms with Gasteiger partial charge >= 0.3 is 5.97 Å². The number of halogens is 1. The minimum atomic E-state index is -0.705. The van der Waals surface area contributed by atoms with Crippen LogP contribution >= 0.6 is 15.9 Å². The van der Waals surface area contributed by atoms with Gasteiger partial charge in [0.05, 0.1) is 0 Å². The molecule has 0 aliphatic carbocycles. The van der Waals surface area contributed by atoms with Gasteiger partial charge in [-0.3, -0.25) is 9.69 Å². The fourth-order valence-electron chi connectivity index (χ4n) is 2.24. The molecule has 0 saturated carbocycles. The Morgan fingerprint density at radius 1 is 1.47 bits per heavy atom. The number of hydrogen-bond acceptors (Lipinski definition) is 2. The van der Waals surface area contributed by atoms with Crippen molar-refractivity contribution >= 4 is 21.9 Å². The van der Waals surface area contributed by atoms with Gasteiger partial charge in [-0.05, 0) is 36.6 Å². The molecule has 4 heteroatoms. The fourth-order valence-corrected chi connectivity index (χ4v) is 2.77. The van der Waals surface area contributed by atoms with Gasteiger partial charge in [0.2, 0.25) is 0 Å². The molecule has 3 nitrogen and oxygen atoms in total. The lowest BCUT2D eigenvalue weighted by Crippen LogP contribution is -2.31. The second-order valence-electron chi connectivity index (χ2n) is 4.40. The van der Waals surface area contributed by atoms with Gasteiger partial charge in [-0.1, -0.05) is 28.1 Å². The van der Waals surface area contributed by atoms with Crippen molar-refractivity contribution in [2.24, 2.45) is 0 Å². The standard InChI is InChI=1S/C13H16BrNO2/c14-12-4-1-3-10-6-8-15(9-11(10)12)7-2-5-13(16)17/h1,3-4H,2,5-9H2,(H,16,17). The third-order valence-electron chi connectivity index (χ3n) is 3.16. The third kappa shape index (κ3) is 3.30. The molecule has 1 N–H and O–H groups in total. The van der Waals surface area contributed by atoms with Crippen molar-refractivity contribution in [2.75, 3.05) is 13.1 Å². The summed E-state index contributed by atoms with van der Waals surface area (Å²) in [6, 6.07) is 6.32. The predicted molar refractivity (Wildman–Crippen MR) is 70.0 cm³/mol. The Labute approximate surface area is 110 Å². The molecule has 17 heavy (non-hydrogen) atoms. The van der Waals surface area contributed by atoms with Crippen LogP contribution in [-0.4, -0.2) is 29.1 Å². The highest BCUT2D eigenvalue weighted by molar-refractivity contribution is 9.10. The second kappa shape index (κ2) is 5.65. The molecule has 1 aromatic carbocycles. The highest BCUT2D eigenvalue weighted by atomic mass is 79.9. The monoisotopic (exact) mass is 297 g/mol. The molecule has 92 valence electrons. The van der Waals surface area contributed by atoms with Crippen molar-refractivity contribution in [2.45, 2.75) is 25.8 Å². The number of benzene rings is 1. The lowest BCUT2D eigenvalue weighted by Gasteiger charge is -2.29. The Morgan fingerprint density at radius 2 is 2.29 bits per heavy atom. The van der Waals surface area contributed by atoms with Crippen LogP contribution in [0, 0.1) is 0 Å². The molecule has 1 heterocycles. The van der Waals surface area contributed by atoms with Gasteiger partial charge in [0, 0.05) is 24.0 Å². The summed E-state index contributed by atoms with van der Waals surface area (Å²) < 4.78 is 1.16.